The minimum absolute atomic E-state index is 0.0650. The average Bonchev–Trinajstić information content (AvgIpc) is 2.96. The number of halogens is 3. The molecule has 0 radical (unpaired) electrons. The number of rotatable bonds is 2. The van der Waals surface area contributed by atoms with Crippen molar-refractivity contribution in [1.29, 1.82) is 0 Å². The highest BCUT2D eigenvalue weighted by Crippen LogP contribution is 2.69. The predicted octanol–water partition coefficient (Wildman–Crippen LogP) is 4.11. The van der Waals surface area contributed by atoms with Gasteiger partial charge in [-0.15, -0.1) is 0 Å². The van der Waals surface area contributed by atoms with Crippen molar-refractivity contribution in [1.82, 2.24) is 0 Å². The summed E-state index contributed by atoms with van der Waals surface area (Å²) in [7, 11) is 0. The van der Waals surface area contributed by atoms with Gasteiger partial charge < -0.3 is 5.11 Å². The van der Waals surface area contributed by atoms with Crippen molar-refractivity contribution in [3.05, 3.63) is 23.8 Å². The molecule has 4 rings (SSSR count). The SMILES string of the molecule is C[C@]12C[C@H](O)[C@@]3(F)[C@@H](C[C@H](F)C4=CC(=O)C=C[C@@]43C)[C@@H]1CC[C@@H]2C(=O)SCF. The second-order valence-electron chi connectivity index (χ2n) is 9.15. The van der Waals surface area contributed by atoms with Crippen molar-refractivity contribution in [2.75, 3.05) is 6.01 Å². The van der Waals surface area contributed by atoms with Gasteiger partial charge in [-0.2, -0.15) is 0 Å². The van der Waals surface area contributed by atoms with E-state index in [2.05, 4.69) is 0 Å². The molecule has 1 N–H and O–H groups in total. The van der Waals surface area contributed by atoms with Gasteiger partial charge in [0, 0.05) is 17.3 Å². The number of aliphatic hydroxyl groups is 1. The van der Waals surface area contributed by atoms with E-state index in [9.17, 15) is 19.1 Å². The van der Waals surface area contributed by atoms with Crippen LogP contribution in [0.4, 0.5) is 13.2 Å². The number of alkyl halides is 3. The zero-order valence-electron chi connectivity index (χ0n) is 16.0. The van der Waals surface area contributed by atoms with E-state index >= 15 is 8.78 Å². The molecular formula is C21H25F3O3S. The molecule has 28 heavy (non-hydrogen) atoms. The van der Waals surface area contributed by atoms with Gasteiger partial charge in [-0.25, -0.2) is 13.2 Å². The van der Waals surface area contributed by atoms with Crippen molar-refractivity contribution < 1.29 is 27.9 Å². The molecule has 0 bridgehead atoms. The van der Waals surface area contributed by atoms with E-state index < -0.39 is 46.6 Å². The summed E-state index contributed by atoms with van der Waals surface area (Å²) in [4.78, 5) is 24.2. The van der Waals surface area contributed by atoms with Gasteiger partial charge >= 0.3 is 0 Å². The summed E-state index contributed by atoms with van der Waals surface area (Å²) in [5.74, 6) is -1.90. The Kier molecular flexibility index (Phi) is 4.66. The van der Waals surface area contributed by atoms with Crippen LogP contribution in [0.25, 0.3) is 0 Å². The van der Waals surface area contributed by atoms with E-state index in [4.69, 9.17) is 0 Å². The Morgan fingerprint density at radius 1 is 1.32 bits per heavy atom. The van der Waals surface area contributed by atoms with E-state index in [0.29, 0.717) is 24.6 Å². The number of carbonyl (C=O) groups is 2. The summed E-state index contributed by atoms with van der Waals surface area (Å²) >= 11 is 0.618. The molecule has 0 aliphatic heterocycles. The maximum absolute atomic E-state index is 16.7. The third kappa shape index (κ3) is 2.41. The summed E-state index contributed by atoms with van der Waals surface area (Å²) in [6.07, 6.45) is 1.94. The van der Waals surface area contributed by atoms with Gasteiger partial charge in [-0.1, -0.05) is 24.8 Å². The molecule has 0 aromatic carbocycles. The third-order valence-electron chi connectivity index (χ3n) is 8.11. The van der Waals surface area contributed by atoms with Gasteiger partial charge in [0.1, 0.15) is 12.2 Å². The number of fused-ring (bicyclic) bond motifs is 5. The van der Waals surface area contributed by atoms with Crippen LogP contribution in [-0.2, 0) is 9.59 Å². The maximum atomic E-state index is 16.7. The number of aliphatic hydroxyl groups excluding tert-OH is 1. The second kappa shape index (κ2) is 6.46. The van der Waals surface area contributed by atoms with E-state index in [1.807, 2.05) is 6.92 Å². The first-order valence-electron chi connectivity index (χ1n) is 9.78. The van der Waals surface area contributed by atoms with Gasteiger partial charge in [0.25, 0.3) is 0 Å². The fraction of sp³-hybridized carbons (Fsp3) is 0.714. The lowest BCUT2D eigenvalue weighted by Crippen LogP contribution is -2.68. The fourth-order valence-corrected chi connectivity index (χ4v) is 7.44. The molecule has 0 heterocycles. The predicted molar refractivity (Wildman–Crippen MR) is 101 cm³/mol. The molecule has 8 atom stereocenters. The molecule has 0 unspecified atom stereocenters. The van der Waals surface area contributed by atoms with Crippen LogP contribution < -0.4 is 0 Å². The Bertz CT molecular complexity index is 783. The van der Waals surface area contributed by atoms with Gasteiger partial charge in [-0.3, -0.25) is 9.59 Å². The first-order chi connectivity index (χ1) is 13.1. The smallest absolute Gasteiger partial charge is 0.195 e. The molecule has 0 spiro atoms. The first kappa shape index (κ1) is 20.2. The normalized spacial score (nSPS) is 49.9. The Labute approximate surface area is 166 Å². The quantitative estimate of drug-likeness (QED) is 0.739. The molecule has 0 aromatic heterocycles. The van der Waals surface area contributed by atoms with Gasteiger partial charge in [0.2, 0.25) is 0 Å². The number of hydrogen-bond acceptors (Lipinski definition) is 4. The van der Waals surface area contributed by atoms with Crippen LogP contribution in [0.2, 0.25) is 0 Å². The first-order valence-corrected chi connectivity index (χ1v) is 10.8. The standard InChI is InChI=1S/C21H25F3O3S/c1-19-9-17(26)21(24)14(12(19)3-4-13(19)18(27)28-10-22)8-16(23)15-7-11(25)5-6-20(15,21)2/h5-7,12-14,16-17,26H,3-4,8-10H2,1-2H3/t12-,13+,14-,16-,17-,19-,20-,21-/m0/s1. The number of thioether (sulfide) groups is 1. The summed E-state index contributed by atoms with van der Waals surface area (Å²) in [6.45, 7) is 3.42. The van der Waals surface area contributed by atoms with Crippen LogP contribution in [0.5, 0.6) is 0 Å². The monoisotopic (exact) mass is 414 g/mol. The number of allylic oxidation sites excluding steroid dienone is 4. The third-order valence-corrected chi connectivity index (χ3v) is 8.79. The lowest BCUT2D eigenvalue weighted by Gasteiger charge is -2.62. The highest BCUT2D eigenvalue weighted by Gasteiger charge is 2.72. The Morgan fingerprint density at radius 3 is 2.71 bits per heavy atom. The van der Waals surface area contributed by atoms with Crippen molar-refractivity contribution in [2.24, 2.45) is 28.6 Å². The van der Waals surface area contributed by atoms with Crippen LogP contribution in [0.1, 0.15) is 39.5 Å². The van der Waals surface area contributed by atoms with Crippen LogP contribution in [-0.4, -0.2) is 40.0 Å². The minimum Gasteiger partial charge on any atom is -0.390 e. The Morgan fingerprint density at radius 2 is 2.04 bits per heavy atom. The topological polar surface area (TPSA) is 54.4 Å². The van der Waals surface area contributed by atoms with Crippen LogP contribution in [0.3, 0.4) is 0 Å². The van der Waals surface area contributed by atoms with Gasteiger partial charge in [0.05, 0.1) is 6.10 Å². The van der Waals surface area contributed by atoms with Crippen LogP contribution >= 0.6 is 11.8 Å². The van der Waals surface area contributed by atoms with Crippen molar-refractivity contribution >= 4 is 22.7 Å². The van der Waals surface area contributed by atoms with E-state index in [0.717, 1.165) is 0 Å². The molecule has 3 fully saturated rings. The molecule has 4 aliphatic carbocycles. The lowest BCUT2D eigenvalue weighted by atomic mass is 9.45. The van der Waals surface area contributed by atoms with Gasteiger partial charge in [0.15, 0.2) is 16.6 Å². The highest BCUT2D eigenvalue weighted by molar-refractivity contribution is 8.13. The van der Waals surface area contributed by atoms with E-state index in [1.54, 1.807) is 6.92 Å². The Balaban J connectivity index is 1.78. The highest BCUT2D eigenvalue weighted by atomic mass is 32.2. The second-order valence-corrected chi connectivity index (χ2v) is 10.1. The molecule has 7 heteroatoms. The number of carbonyl (C=O) groups excluding carboxylic acids is 2. The average molecular weight is 414 g/mol. The zero-order chi connectivity index (χ0) is 20.5. The zero-order valence-corrected chi connectivity index (χ0v) is 16.8. The summed E-state index contributed by atoms with van der Waals surface area (Å²) in [5.41, 5.74) is -4.11. The largest absolute Gasteiger partial charge is 0.390 e. The molecular weight excluding hydrogens is 389 g/mol. The molecule has 3 nitrogen and oxygen atoms in total. The molecule has 0 amide bonds. The van der Waals surface area contributed by atoms with Crippen molar-refractivity contribution in [3.8, 4) is 0 Å². The molecule has 0 saturated heterocycles. The van der Waals surface area contributed by atoms with Crippen LogP contribution in [0.15, 0.2) is 23.8 Å². The van der Waals surface area contributed by atoms with Crippen molar-refractivity contribution in [3.63, 3.8) is 0 Å². The minimum atomic E-state index is -2.12. The van der Waals surface area contributed by atoms with E-state index in [-0.39, 0.29) is 35.2 Å². The van der Waals surface area contributed by atoms with Gasteiger partial charge in [-0.05, 0) is 61.7 Å². The van der Waals surface area contributed by atoms with E-state index in [1.165, 1.54) is 18.2 Å². The lowest BCUT2D eigenvalue weighted by molar-refractivity contribution is -0.201. The molecule has 4 aliphatic rings. The maximum Gasteiger partial charge on any atom is 0.195 e. The van der Waals surface area contributed by atoms with Crippen molar-refractivity contribution in [2.45, 2.75) is 57.5 Å². The summed E-state index contributed by atoms with van der Waals surface area (Å²) < 4.78 is 44.6. The number of ketones is 1. The number of hydrogen-bond donors (Lipinski definition) is 1. The molecule has 154 valence electrons. The Hall–Kier alpha value is -1.08. The fourth-order valence-electron chi connectivity index (χ4n) is 6.74. The summed E-state index contributed by atoms with van der Waals surface area (Å²) in [6, 6.07) is -0.813. The summed E-state index contributed by atoms with van der Waals surface area (Å²) in [5, 5.41) is 10.8. The van der Waals surface area contributed by atoms with Crippen LogP contribution in [0, 0.1) is 28.6 Å². The molecule has 0 aromatic rings. The molecule has 3 saturated carbocycles.